The molecular formula is C19H23N3O2S. The third-order valence-electron chi connectivity index (χ3n) is 4.28. The number of carbonyl (C=O) groups excluding carboxylic acids is 1. The van der Waals surface area contributed by atoms with Crippen molar-refractivity contribution in [2.24, 2.45) is 0 Å². The number of ether oxygens (including phenoxy) is 1. The SMILES string of the molecule is COc1ccc(SCCC(=O)N2CCNCC2c2cccnc2)cc1. The summed E-state index contributed by atoms with van der Waals surface area (Å²) >= 11 is 1.70. The van der Waals surface area contributed by atoms with Crippen molar-refractivity contribution < 1.29 is 9.53 Å². The standard InChI is InChI=1S/C19H23N3O2S/c1-24-16-4-6-17(7-5-16)25-12-8-19(23)22-11-10-21-14-18(22)15-3-2-9-20-13-15/h2-7,9,13,18,21H,8,10-12,14H2,1H3. The topological polar surface area (TPSA) is 54.5 Å². The van der Waals surface area contributed by atoms with E-state index in [9.17, 15) is 4.79 Å². The number of amides is 1. The molecular weight excluding hydrogens is 334 g/mol. The molecule has 5 nitrogen and oxygen atoms in total. The first-order valence-corrected chi connectivity index (χ1v) is 9.43. The van der Waals surface area contributed by atoms with Gasteiger partial charge in [-0.05, 0) is 35.9 Å². The van der Waals surface area contributed by atoms with Gasteiger partial charge in [0.15, 0.2) is 0 Å². The minimum Gasteiger partial charge on any atom is -0.497 e. The molecule has 0 bridgehead atoms. The Kier molecular flexibility index (Phi) is 6.30. The van der Waals surface area contributed by atoms with E-state index in [2.05, 4.69) is 10.3 Å². The quantitative estimate of drug-likeness (QED) is 0.806. The first kappa shape index (κ1) is 17.8. The fourth-order valence-electron chi connectivity index (χ4n) is 2.95. The summed E-state index contributed by atoms with van der Waals surface area (Å²) in [6.07, 6.45) is 4.15. The second-order valence-electron chi connectivity index (χ2n) is 5.87. The van der Waals surface area contributed by atoms with Gasteiger partial charge < -0.3 is 15.0 Å². The van der Waals surface area contributed by atoms with Gasteiger partial charge in [-0.3, -0.25) is 9.78 Å². The van der Waals surface area contributed by atoms with Crippen LogP contribution < -0.4 is 10.1 Å². The number of thioether (sulfide) groups is 1. The molecule has 1 aliphatic rings. The van der Waals surface area contributed by atoms with Crippen LogP contribution in [0, 0.1) is 0 Å². The number of hydrogen-bond donors (Lipinski definition) is 1. The lowest BCUT2D eigenvalue weighted by molar-refractivity contribution is -0.134. The average molecular weight is 357 g/mol. The van der Waals surface area contributed by atoms with E-state index in [1.54, 1.807) is 25.1 Å². The lowest BCUT2D eigenvalue weighted by Gasteiger charge is -2.36. The molecule has 132 valence electrons. The van der Waals surface area contributed by atoms with Gasteiger partial charge in [0, 0.05) is 49.1 Å². The Morgan fingerprint density at radius 1 is 1.36 bits per heavy atom. The molecule has 0 spiro atoms. The van der Waals surface area contributed by atoms with Crippen LogP contribution in [0.15, 0.2) is 53.7 Å². The van der Waals surface area contributed by atoms with E-state index in [0.29, 0.717) is 6.42 Å². The van der Waals surface area contributed by atoms with Gasteiger partial charge in [-0.2, -0.15) is 0 Å². The van der Waals surface area contributed by atoms with Crippen LogP contribution in [0.1, 0.15) is 18.0 Å². The predicted octanol–water partition coefficient (Wildman–Crippen LogP) is 2.75. The third-order valence-corrected chi connectivity index (χ3v) is 5.29. The van der Waals surface area contributed by atoms with Gasteiger partial charge in [0.1, 0.15) is 5.75 Å². The molecule has 2 heterocycles. The molecule has 0 radical (unpaired) electrons. The van der Waals surface area contributed by atoms with Crippen LogP contribution in [0.2, 0.25) is 0 Å². The van der Waals surface area contributed by atoms with Crippen molar-refractivity contribution in [1.82, 2.24) is 15.2 Å². The summed E-state index contributed by atoms with van der Waals surface area (Å²) in [5.74, 6) is 1.83. The van der Waals surface area contributed by atoms with Gasteiger partial charge in [-0.25, -0.2) is 0 Å². The Morgan fingerprint density at radius 2 is 2.20 bits per heavy atom. The van der Waals surface area contributed by atoms with E-state index >= 15 is 0 Å². The van der Waals surface area contributed by atoms with Crippen molar-refractivity contribution in [2.75, 3.05) is 32.5 Å². The molecule has 1 unspecified atom stereocenters. The number of hydrogen-bond acceptors (Lipinski definition) is 5. The molecule has 1 aromatic carbocycles. The van der Waals surface area contributed by atoms with E-state index in [4.69, 9.17) is 4.74 Å². The summed E-state index contributed by atoms with van der Waals surface area (Å²) in [4.78, 5) is 20.0. The largest absolute Gasteiger partial charge is 0.497 e. The molecule has 1 amide bonds. The Morgan fingerprint density at radius 3 is 2.92 bits per heavy atom. The zero-order chi connectivity index (χ0) is 17.5. The summed E-state index contributed by atoms with van der Waals surface area (Å²) in [6, 6.07) is 12.0. The number of aromatic nitrogens is 1. The van der Waals surface area contributed by atoms with Crippen LogP contribution in [0.3, 0.4) is 0 Å². The maximum atomic E-state index is 12.7. The van der Waals surface area contributed by atoms with Crippen molar-refractivity contribution >= 4 is 17.7 Å². The van der Waals surface area contributed by atoms with Crippen LogP contribution >= 0.6 is 11.8 Å². The Bertz CT molecular complexity index is 679. The number of piperazine rings is 1. The number of nitrogens with one attached hydrogen (secondary N) is 1. The molecule has 3 rings (SSSR count). The molecule has 2 aromatic rings. The van der Waals surface area contributed by atoms with Crippen molar-refractivity contribution in [3.8, 4) is 5.75 Å². The summed E-state index contributed by atoms with van der Waals surface area (Å²) in [7, 11) is 1.66. The molecule has 1 saturated heterocycles. The predicted molar refractivity (Wildman–Crippen MR) is 99.9 cm³/mol. The number of nitrogens with zero attached hydrogens (tertiary/aromatic N) is 2. The highest BCUT2D eigenvalue weighted by Crippen LogP contribution is 2.25. The number of pyridine rings is 1. The minimum absolute atomic E-state index is 0.0703. The molecule has 1 aliphatic heterocycles. The van der Waals surface area contributed by atoms with Crippen molar-refractivity contribution in [1.29, 1.82) is 0 Å². The number of rotatable bonds is 6. The highest BCUT2D eigenvalue weighted by atomic mass is 32.2. The molecule has 1 fully saturated rings. The highest BCUT2D eigenvalue weighted by Gasteiger charge is 2.27. The third kappa shape index (κ3) is 4.74. The summed E-state index contributed by atoms with van der Waals surface area (Å²) in [5.41, 5.74) is 1.09. The molecule has 1 aromatic heterocycles. The second-order valence-corrected chi connectivity index (χ2v) is 7.04. The van der Waals surface area contributed by atoms with E-state index in [0.717, 1.165) is 41.6 Å². The Labute approximate surface area is 152 Å². The average Bonchev–Trinajstić information content (AvgIpc) is 2.69. The first-order chi connectivity index (χ1) is 12.3. The van der Waals surface area contributed by atoms with E-state index in [1.165, 1.54) is 0 Å². The van der Waals surface area contributed by atoms with Crippen LogP contribution in [0.25, 0.3) is 0 Å². The zero-order valence-electron chi connectivity index (χ0n) is 14.4. The van der Waals surface area contributed by atoms with Gasteiger partial charge in [0.2, 0.25) is 5.91 Å². The summed E-state index contributed by atoms with van der Waals surface area (Å²) in [5, 5.41) is 3.37. The van der Waals surface area contributed by atoms with Crippen LogP contribution in [0.4, 0.5) is 0 Å². The number of carbonyl (C=O) groups is 1. The first-order valence-electron chi connectivity index (χ1n) is 8.45. The van der Waals surface area contributed by atoms with E-state index < -0.39 is 0 Å². The van der Waals surface area contributed by atoms with Crippen molar-refractivity contribution in [3.63, 3.8) is 0 Å². The van der Waals surface area contributed by atoms with Gasteiger partial charge in [-0.1, -0.05) is 6.07 Å². The van der Waals surface area contributed by atoms with E-state index in [1.807, 2.05) is 47.5 Å². The lowest BCUT2D eigenvalue weighted by atomic mass is 10.1. The fraction of sp³-hybridized carbons (Fsp3) is 0.368. The zero-order valence-corrected chi connectivity index (χ0v) is 15.2. The lowest BCUT2D eigenvalue weighted by Crippen LogP contribution is -2.48. The Balaban J connectivity index is 1.55. The van der Waals surface area contributed by atoms with Crippen molar-refractivity contribution in [2.45, 2.75) is 17.4 Å². The molecule has 6 heteroatoms. The molecule has 1 N–H and O–H groups in total. The van der Waals surface area contributed by atoms with Crippen LogP contribution in [-0.4, -0.2) is 48.3 Å². The molecule has 0 aliphatic carbocycles. The molecule has 0 saturated carbocycles. The smallest absolute Gasteiger partial charge is 0.224 e. The summed E-state index contributed by atoms with van der Waals surface area (Å²) < 4.78 is 5.16. The van der Waals surface area contributed by atoms with E-state index in [-0.39, 0.29) is 11.9 Å². The van der Waals surface area contributed by atoms with Crippen LogP contribution in [-0.2, 0) is 4.79 Å². The monoisotopic (exact) mass is 357 g/mol. The normalized spacial score (nSPS) is 17.3. The fourth-order valence-corrected chi connectivity index (χ4v) is 3.79. The maximum absolute atomic E-state index is 12.7. The summed E-state index contributed by atoms with van der Waals surface area (Å²) in [6.45, 7) is 2.36. The molecule has 25 heavy (non-hydrogen) atoms. The van der Waals surface area contributed by atoms with Gasteiger partial charge in [0.05, 0.1) is 13.2 Å². The van der Waals surface area contributed by atoms with Crippen molar-refractivity contribution in [3.05, 3.63) is 54.4 Å². The van der Waals surface area contributed by atoms with Gasteiger partial charge in [-0.15, -0.1) is 11.8 Å². The Hall–Kier alpha value is -2.05. The molecule has 1 atom stereocenters. The minimum atomic E-state index is 0.0703. The van der Waals surface area contributed by atoms with Gasteiger partial charge in [0.25, 0.3) is 0 Å². The number of methoxy groups -OCH3 is 1. The number of benzene rings is 1. The maximum Gasteiger partial charge on any atom is 0.224 e. The van der Waals surface area contributed by atoms with Gasteiger partial charge >= 0.3 is 0 Å². The second kappa shape index (κ2) is 8.87. The highest BCUT2D eigenvalue weighted by molar-refractivity contribution is 7.99. The van der Waals surface area contributed by atoms with Crippen LogP contribution in [0.5, 0.6) is 5.75 Å².